The van der Waals surface area contributed by atoms with E-state index < -0.39 is 0 Å². The number of rotatable bonds is 0. The van der Waals surface area contributed by atoms with Crippen molar-refractivity contribution in [2.75, 3.05) is 0 Å². The summed E-state index contributed by atoms with van der Waals surface area (Å²) in [6, 6.07) is 0. The van der Waals surface area contributed by atoms with E-state index in [-0.39, 0.29) is 12.1 Å². The van der Waals surface area contributed by atoms with Crippen molar-refractivity contribution in [1.29, 1.82) is 0 Å². The topological polar surface area (TPSA) is 26.3 Å². The average Bonchev–Trinajstić information content (AvgIpc) is 2.02. The maximum Gasteiger partial charge on any atom is 0.306 e. The summed E-state index contributed by atoms with van der Waals surface area (Å²) in [6.07, 6.45) is 6.43. The van der Waals surface area contributed by atoms with Gasteiger partial charge in [-0.3, -0.25) is 4.79 Å². The average molecular weight is 156 g/mol. The molecular formula is C9H16O2. The molecule has 0 aromatic carbocycles. The molecule has 2 heteroatoms. The molecule has 11 heavy (non-hydrogen) atoms. The third kappa shape index (κ3) is 3.40. The van der Waals surface area contributed by atoms with Crippen LogP contribution in [-0.4, -0.2) is 12.1 Å². The smallest absolute Gasteiger partial charge is 0.306 e. The first kappa shape index (κ1) is 8.57. The quantitative estimate of drug-likeness (QED) is 0.503. The Morgan fingerprint density at radius 3 is 2.82 bits per heavy atom. The summed E-state index contributed by atoms with van der Waals surface area (Å²) in [5.74, 6) is -0.0144. The van der Waals surface area contributed by atoms with Gasteiger partial charge >= 0.3 is 5.97 Å². The van der Waals surface area contributed by atoms with E-state index in [1.807, 2.05) is 6.92 Å². The third-order valence-corrected chi connectivity index (χ3v) is 2.07. The molecule has 1 aliphatic rings. The fourth-order valence-electron chi connectivity index (χ4n) is 1.40. The summed E-state index contributed by atoms with van der Waals surface area (Å²) in [7, 11) is 0. The van der Waals surface area contributed by atoms with Crippen LogP contribution in [0.4, 0.5) is 0 Å². The molecular weight excluding hydrogens is 140 g/mol. The van der Waals surface area contributed by atoms with E-state index in [4.69, 9.17) is 4.74 Å². The molecule has 0 spiro atoms. The van der Waals surface area contributed by atoms with Crippen LogP contribution >= 0.6 is 0 Å². The van der Waals surface area contributed by atoms with Crippen molar-refractivity contribution in [2.45, 2.75) is 51.6 Å². The second kappa shape index (κ2) is 4.37. The normalized spacial score (nSPS) is 28.1. The highest BCUT2D eigenvalue weighted by Crippen LogP contribution is 2.13. The summed E-state index contributed by atoms with van der Waals surface area (Å²) >= 11 is 0. The van der Waals surface area contributed by atoms with E-state index in [9.17, 15) is 4.79 Å². The predicted octanol–water partition coefficient (Wildman–Crippen LogP) is 2.27. The van der Waals surface area contributed by atoms with Gasteiger partial charge in [0, 0.05) is 6.42 Å². The monoisotopic (exact) mass is 156 g/mol. The van der Waals surface area contributed by atoms with Gasteiger partial charge in [0.05, 0.1) is 6.10 Å². The number of carbonyl (C=O) groups is 1. The van der Waals surface area contributed by atoms with Crippen LogP contribution < -0.4 is 0 Å². The van der Waals surface area contributed by atoms with Crippen LogP contribution in [0, 0.1) is 0 Å². The summed E-state index contributed by atoms with van der Waals surface area (Å²) in [4.78, 5) is 11.0. The number of cyclic esters (lactones) is 1. The highest BCUT2D eigenvalue weighted by Gasteiger charge is 2.10. The van der Waals surface area contributed by atoms with Gasteiger partial charge in [-0.1, -0.05) is 12.8 Å². The highest BCUT2D eigenvalue weighted by molar-refractivity contribution is 5.69. The lowest BCUT2D eigenvalue weighted by Gasteiger charge is -2.10. The highest BCUT2D eigenvalue weighted by atomic mass is 16.5. The van der Waals surface area contributed by atoms with Crippen molar-refractivity contribution in [3.8, 4) is 0 Å². The Balaban J connectivity index is 2.33. The van der Waals surface area contributed by atoms with Crippen molar-refractivity contribution in [3.63, 3.8) is 0 Å². The first-order valence-corrected chi connectivity index (χ1v) is 4.48. The van der Waals surface area contributed by atoms with Crippen molar-refractivity contribution < 1.29 is 9.53 Å². The van der Waals surface area contributed by atoms with Crippen molar-refractivity contribution in [2.24, 2.45) is 0 Å². The zero-order valence-electron chi connectivity index (χ0n) is 7.14. The van der Waals surface area contributed by atoms with E-state index in [0.717, 1.165) is 12.8 Å². The maximum atomic E-state index is 11.0. The number of esters is 1. The van der Waals surface area contributed by atoms with Gasteiger partial charge in [0.25, 0.3) is 0 Å². The molecule has 1 unspecified atom stereocenters. The maximum absolute atomic E-state index is 11.0. The molecule has 0 aromatic rings. The lowest BCUT2D eigenvalue weighted by Crippen LogP contribution is -2.13. The number of hydrogen-bond acceptors (Lipinski definition) is 2. The lowest BCUT2D eigenvalue weighted by molar-refractivity contribution is -0.148. The Labute approximate surface area is 67.9 Å². The van der Waals surface area contributed by atoms with Crippen LogP contribution in [0.3, 0.4) is 0 Å². The summed E-state index contributed by atoms with van der Waals surface area (Å²) in [5.41, 5.74) is 0. The molecule has 0 radical (unpaired) electrons. The number of carbonyl (C=O) groups excluding carboxylic acids is 1. The molecule has 0 bridgehead atoms. The Morgan fingerprint density at radius 1 is 1.27 bits per heavy atom. The molecule has 0 saturated carbocycles. The minimum atomic E-state index is -0.0144. The predicted molar refractivity (Wildman–Crippen MR) is 43.3 cm³/mol. The molecule has 1 aliphatic heterocycles. The molecule has 1 heterocycles. The lowest BCUT2D eigenvalue weighted by atomic mass is 10.1. The molecule has 64 valence electrons. The van der Waals surface area contributed by atoms with Crippen LogP contribution in [0.2, 0.25) is 0 Å². The molecule has 1 saturated heterocycles. The standard InChI is InChI=1S/C9H16O2/c1-8-6-4-2-3-5-7-9(10)11-8/h8H,2-7H2,1H3. The second-order valence-electron chi connectivity index (χ2n) is 3.25. The van der Waals surface area contributed by atoms with Crippen molar-refractivity contribution >= 4 is 5.97 Å². The van der Waals surface area contributed by atoms with Crippen LogP contribution in [0.25, 0.3) is 0 Å². The molecule has 1 fully saturated rings. The van der Waals surface area contributed by atoms with Gasteiger partial charge in [0.15, 0.2) is 0 Å². The van der Waals surface area contributed by atoms with Gasteiger partial charge in [-0.2, -0.15) is 0 Å². The molecule has 0 N–H and O–H groups in total. The molecule has 0 aliphatic carbocycles. The Hall–Kier alpha value is -0.530. The van der Waals surface area contributed by atoms with Crippen LogP contribution in [-0.2, 0) is 9.53 Å². The van der Waals surface area contributed by atoms with Crippen molar-refractivity contribution in [1.82, 2.24) is 0 Å². The first-order chi connectivity index (χ1) is 5.29. The zero-order chi connectivity index (χ0) is 8.10. The Kier molecular flexibility index (Phi) is 3.40. The zero-order valence-corrected chi connectivity index (χ0v) is 7.14. The van der Waals surface area contributed by atoms with Gasteiger partial charge in [-0.05, 0) is 26.2 Å². The van der Waals surface area contributed by atoms with Gasteiger partial charge in [-0.15, -0.1) is 0 Å². The number of ether oxygens (including phenoxy) is 1. The van der Waals surface area contributed by atoms with E-state index in [1.54, 1.807) is 0 Å². The molecule has 0 amide bonds. The molecule has 2 nitrogen and oxygen atoms in total. The molecule has 1 atom stereocenters. The summed E-state index contributed by atoms with van der Waals surface area (Å²) < 4.78 is 5.13. The molecule has 0 aromatic heterocycles. The SMILES string of the molecule is CC1CCCCCCC(=O)O1. The van der Waals surface area contributed by atoms with Gasteiger partial charge in [0.2, 0.25) is 0 Å². The summed E-state index contributed by atoms with van der Waals surface area (Å²) in [5, 5.41) is 0. The molecule has 1 rings (SSSR count). The van der Waals surface area contributed by atoms with Crippen LogP contribution in [0.1, 0.15) is 45.4 Å². The summed E-state index contributed by atoms with van der Waals surface area (Å²) in [6.45, 7) is 1.98. The number of hydrogen-bond donors (Lipinski definition) is 0. The second-order valence-corrected chi connectivity index (χ2v) is 3.25. The van der Waals surface area contributed by atoms with Crippen LogP contribution in [0.15, 0.2) is 0 Å². The van der Waals surface area contributed by atoms with E-state index >= 15 is 0 Å². The van der Waals surface area contributed by atoms with Gasteiger partial charge in [0.1, 0.15) is 0 Å². The largest absolute Gasteiger partial charge is 0.463 e. The van der Waals surface area contributed by atoms with Crippen molar-refractivity contribution in [3.05, 3.63) is 0 Å². The fraction of sp³-hybridized carbons (Fsp3) is 0.889. The minimum absolute atomic E-state index is 0.0144. The van der Waals surface area contributed by atoms with Crippen LogP contribution in [0.5, 0.6) is 0 Å². The Bertz CT molecular complexity index is 132. The first-order valence-electron chi connectivity index (χ1n) is 4.48. The fourth-order valence-corrected chi connectivity index (χ4v) is 1.40. The van der Waals surface area contributed by atoms with E-state index in [0.29, 0.717) is 6.42 Å². The minimum Gasteiger partial charge on any atom is -0.463 e. The Morgan fingerprint density at radius 2 is 2.00 bits per heavy atom. The van der Waals surface area contributed by atoms with Gasteiger partial charge in [-0.25, -0.2) is 0 Å². The third-order valence-electron chi connectivity index (χ3n) is 2.07. The van der Waals surface area contributed by atoms with E-state index in [1.165, 1.54) is 19.3 Å². The van der Waals surface area contributed by atoms with Gasteiger partial charge < -0.3 is 4.74 Å². The van der Waals surface area contributed by atoms with E-state index in [2.05, 4.69) is 0 Å².